The number of allylic oxidation sites excluding steroid dienone is 1. The lowest BCUT2D eigenvalue weighted by molar-refractivity contribution is 0.376. The van der Waals surface area contributed by atoms with Crippen molar-refractivity contribution in [1.29, 1.82) is 0 Å². The lowest BCUT2D eigenvalue weighted by Crippen LogP contribution is -2.23. The number of fused-ring (bicyclic) bond motifs is 1. The minimum atomic E-state index is 0.186. The fraction of sp³-hybridized carbons (Fsp3) is 0.370. The highest BCUT2D eigenvalue weighted by molar-refractivity contribution is 6.17. The molecule has 7 nitrogen and oxygen atoms in total. The van der Waals surface area contributed by atoms with Gasteiger partial charge in [0.05, 0.1) is 16.9 Å². The van der Waals surface area contributed by atoms with Gasteiger partial charge in [-0.3, -0.25) is 9.98 Å². The van der Waals surface area contributed by atoms with Crippen molar-refractivity contribution in [1.82, 2.24) is 20.0 Å². The average Bonchev–Trinajstić information content (AvgIpc) is 3.22. The van der Waals surface area contributed by atoms with Gasteiger partial charge in [-0.15, -0.1) is 5.10 Å². The molecular formula is C27H33N7. The number of hydrogen-bond donors (Lipinski definition) is 1. The molecular weight excluding hydrogens is 422 g/mol. The largest absolute Gasteiger partial charge is 0.398 e. The van der Waals surface area contributed by atoms with Crippen LogP contribution in [0.25, 0.3) is 16.7 Å². The van der Waals surface area contributed by atoms with E-state index in [1.807, 2.05) is 48.9 Å². The number of benzene rings is 1. The molecule has 0 saturated carbocycles. The Bertz CT molecular complexity index is 1330. The predicted molar refractivity (Wildman–Crippen MR) is 140 cm³/mol. The van der Waals surface area contributed by atoms with Crippen LogP contribution in [0.2, 0.25) is 0 Å². The Morgan fingerprint density at radius 2 is 1.88 bits per heavy atom. The summed E-state index contributed by atoms with van der Waals surface area (Å²) in [5.41, 5.74) is 14.5. The Morgan fingerprint density at radius 1 is 1.12 bits per heavy atom. The van der Waals surface area contributed by atoms with Crippen LogP contribution in [0.3, 0.4) is 0 Å². The Balaban J connectivity index is 1.73. The van der Waals surface area contributed by atoms with Crippen LogP contribution in [0.15, 0.2) is 69.8 Å². The van der Waals surface area contributed by atoms with Crippen LogP contribution in [0.5, 0.6) is 0 Å². The van der Waals surface area contributed by atoms with Crippen LogP contribution >= 0.6 is 0 Å². The molecule has 34 heavy (non-hydrogen) atoms. The summed E-state index contributed by atoms with van der Waals surface area (Å²) < 4.78 is 1.89. The van der Waals surface area contributed by atoms with Crippen LogP contribution in [0, 0.1) is 5.41 Å². The van der Waals surface area contributed by atoms with E-state index in [0.717, 1.165) is 52.2 Å². The van der Waals surface area contributed by atoms with Gasteiger partial charge in [0.15, 0.2) is 5.84 Å². The lowest BCUT2D eigenvalue weighted by Gasteiger charge is -2.21. The standard InChI is InChI=1S/C27H33N7/c1-7-29-26-17(2)25(28)20(18(3)30-26)16-19-12-13-24(21(31-19)14-15-27(4,5)6)34-23-11-9-8-10-22(23)32-33-34/h8-13H,2,7,14-16,28H2,1,3-6H3/b29-26+. The van der Waals surface area contributed by atoms with Crippen molar-refractivity contribution in [3.05, 3.63) is 71.2 Å². The summed E-state index contributed by atoms with van der Waals surface area (Å²) in [4.78, 5) is 14.1. The smallest absolute Gasteiger partial charge is 0.156 e. The van der Waals surface area contributed by atoms with Crippen molar-refractivity contribution < 1.29 is 0 Å². The zero-order chi connectivity index (χ0) is 24.5. The Morgan fingerprint density at radius 3 is 2.62 bits per heavy atom. The van der Waals surface area contributed by atoms with Gasteiger partial charge >= 0.3 is 0 Å². The number of nitrogens with two attached hydrogens (primary N) is 1. The maximum Gasteiger partial charge on any atom is 0.156 e. The molecule has 3 heterocycles. The fourth-order valence-corrected chi connectivity index (χ4v) is 4.03. The van der Waals surface area contributed by atoms with Crippen LogP contribution < -0.4 is 5.73 Å². The summed E-state index contributed by atoms with van der Waals surface area (Å²) in [7, 11) is 0. The number of aryl methyl sites for hydroxylation is 1. The lowest BCUT2D eigenvalue weighted by atomic mass is 9.89. The van der Waals surface area contributed by atoms with Gasteiger partial charge in [0.1, 0.15) is 5.52 Å². The van der Waals surface area contributed by atoms with Gasteiger partial charge in [0, 0.05) is 41.2 Å². The summed E-state index contributed by atoms with van der Waals surface area (Å²) in [6.07, 6.45) is 2.42. The number of aromatic nitrogens is 4. The first-order chi connectivity index (χ1) is 16.2. The van der Waals surface area contributed by atoms with Gasteiger partial charge in [-0.1, -0.05) is 44.7 Å². The molecule has 3 aromatic rings. The summed E-state index contributed by atoms with van der Waals surface area (Å²) in [5, 5.41) is 8.77. The number of dihydropyridines is 1. The van der Waals surface area contributed by atoms with E-state index >= 15 is 0 Å². The first-order valence-corrected chi connectivity index (χ1v) is 11.8. The number of nitrogens with zero attached hydrogens (tertiary/aromatic N) is 6. The average molecular weight is 456 g/mol. The molecule has 0 atom stereocenters. The first-order valence-electron chi connectivity index (χ1n) is 11.8. The molecule has 2 aromatic heterocycles. The number of pyridine rings is 1. The summed E-state index contributed by atoms with van der Waals surface area (Å²) in [6, 6.07) is 12.1. The van der Waals surface area contributed by atoms with Gasteiger partial charge < -0.3 is 5.73 Å². The highest BCUT2D eigenvalue weighted by Crippen LogP contribution is 2.27. The number of rotatable bonds is 6. The maximum atomic E-state index is 6.47. The molecule has 0 saturated heterocycles. The third kappa shape index (κ3) is 4.83. The van der Waals surface area contributed by atoms with Crippen LogP contribution in [0.4, 0.5) is 0 Å². The van der Waals surface area contributed by atoms with Crippen LogP contribution in [-0.2, 0) is 12.8 Å². The Hall–Kier alpha value is -3.61. The number of hydrogen-bond acceptors (Lipinski definition) is 5. The van der Waals surface area contributed by atoms with E-state index in [-0.39, 0.29) is 5.41 Å². The fourth-order valence-electron chi connectivity index (χ4n) is 4.03. The third-order valence-corrected chi connectivity index (χ3v) is 6.00. The second-order valence-electron chi connectivity index (χ2n) is 9.86. The molecule has 4 rings (SSSR count). The molecule has 0 aliphatic carbocycles. The molecule has 0 bridgehead atoms. The van der Waals surface area contributed by atoms with Crippen LogP contribution in [0.1, 0.15) is 52.4 Å². The molecule has 0 amide bonds. The molecule has 7 heteroatoms. The van der Waals surface area contributed by atoms with E-state index in [4.69, 9.17) is 10.7 Å². The van der Waals surface area contributed by atoms with E-state index in [0.29, 0.717) is 30.1 Å². The highest BCUT2D eigenvalue weighted by Gasteiger charge is 2.22. The summed E-state index contributed by atoms with van der Waals surface area (Å²) in [6.45, 7) is 15.4. The predicted octanol–water partition coefficient (Wildman–Crippen LogP) is 5.00. The molecule has 1 aromatic carbocycles. The molecule has 176 valence electrons. The van der Waals surface area contributed by atoms with E-state index in [9.17, 15) is 0 Å². The van der Waals surface area contributed by atoms with Gasteiger partial charge in [-0.25, -0.2) is 9.67 Å². The van der Waals surface area contributed by atoms with Crippen molar-refractivity contribution in [3.8, 4) is 5.69 Å². The van der Waals surface area contributed by atoms with Gasteiger partial charge in [0.25, 0.3) is 0 Å². The minimum Gasteiger partial charge on any atom is -0.398 e. The Kier molecular flexibility index (Phi) is 6.46. The molecule has 0 unspecified atom stereocenters. The SMILES string of the molecule is C=C1C(N)=C(Cc2ccc(-n3nnc4ccccc43)c(CCC(C)(C)C)n2)C(C)=N/C1=N/CC. The maximum absolute atomic E-state index is 6.47. The third-order valence-electron chi connectivity index (χ3n) is 6.00. The van der Waals surface area contributed by atoms with Crippen molar-refractivity contribution >= 4 is 22.6 Å². The first kappa shape index (κ1) is 23.5. The van der Waals surface area contributed by atoms with Crippen molar-refractivity contribution in [3.63, 3.8) is 0 Å². The van der Waals surface area contributed by atoms with E-state index in [1.54, 1.807) is 0 Å². The number of para-hydroxylation sites is 1. The second-order valence-corrected chi connectivity index (χ2v) is 9.86. The van der Waals surface area contributed by atoms with Gasteiger partial charge in [0.2, 0.25) is 0 Å². The minimum absolute atomic E-state index is 0.186. The van der Waals surface area contributed by atoms with Crippen molar-refractivity contribution in [2.45, 2.75) is 53.9 Å². The quantitative estimate of drug-likeness (QED) is 0.566. The van der Waals surface area contributed by atoms with Gasteiger partial charge in [-0.05, 0) is 56.4 Å². The normalized spacial score (nSPS) is 16.0. The zero-order valence-corrected chi connectivity index (χ0v) is 20.8. The van der Waals surface area contributed by atoms with Crippen molar-refractivity contribution in [2.24, 2.45) is 21.1 Å². The topological polar surface area (TPSA) is 94.3 Å². The Labute approximate surface area is 201 Å². The number of amidine groups is 1. The zero-order valence-electron chi connectivity index (χ0n) is 20.8. The number of aliphatic imine (C=N–C) groups is 2. The molecule has 0 spiro atoms. The van der Waals surface area contributed by atoms with E-state index in [1.165, 1.54) is 0 Å². The molecule has 0 fully saturated rings. The highest BCUT2D eigenvalue weighted by atomic mass is 15.4. The van der Waals surface area contributed by atoms with E-state index in [2.05, 4.69) is 53.7 Å². The van der Waals surface area contributed by atoms with Crippen LogP contribution in [-0.4, -0.2) is 38.1 Å². The molecule has 2 N–H and O–H groups in total. The molecule has 1 aliphatic rings. The summed E-state index contributed by atoms with van der Waals surface area (Å²) in [5.74, 6) is 0.619. The van der Waals surface area contributed by atoms with Gasteiger partial charge in [-0.2, -0.15) is 0 Å². The van der Waals surface area contributed by atoms with E-state index < -0.39 is 0 Å². The molecule has 0 radical (unpaired) electrons. The summed E-state index contributed by atoms with van der Waals surface area (Å²) >= 11 is 0. The monoisotopic (exact) mass is 455 g/mol. The van der Waals surface area contributed by atoms with Crippen molar-refractivity contribution in [2.75, 3.05) is 6.54 Å². The molecule has 1 aliphatic heterocycles. The second kappa shape index (κ2) is 9.33.